The largest absolute Gasteiger partial charge is 0.507 e. The quantitative estimate of drug-likeness (QED) is 0.510. The molecular formula is C24H21NO6. The highest BCUT2D eigenvalue weighted by Crippen LogP contribution is 2.36. The van der Waals surface area contributed by atoms with Crippen molar-refractivity contribution in [3.05, 3.63) is 90.0 Å². The number of fused-ring (bicyclic) bond motifs is 1. The van der Waals surface area contributed by atoms with Crippen LogP contribution in [0, 0.1) is 5.92 Å². The molecule has 2 amide bonds. The highest BCUT2D eigenvalue weighted by molar-refractivity contribution is 6.03. The third-order valence-electron chi connectivity index (χ3n) is 4.75. The minimum absolute atomic E-state index is 0.0653. The number of aliphatic carboxylic acids is 1. The number of hydrogen-bond donors (Lipinski definition) is 3. The lowest BCUT2D eigenvalue weighted by atomic mass is 9.92. The minimum Gasteiger partial charge on any atom is -0.507 e. The van der Waals surface area contributed by atoms with Crippen molar-refractivity contribution in [1.29, 1.82) is 0 Å². The molecule has 0 spiro atoms. The summed E-state index contributed by atoms with van der Waals surface area (Å²) in [7, 11) is 0. The standard InChI is InChI=1S/C24H21NO6/c1-15(11-14-21(27)28)22(19-12-13-20(26)18-10-6-5-9-17(18)19)31-24(30)25-23(29)16-7-3-2-4-8-16/h2-15,22,26H,1H3,(H,27,28)(H,25,29,30)/b14-11+/t15-,22+/m0/s1. The number of amides is 2. The third kappa shape index (κ3) is 5.27. The van der Waals surface area contributed by atoms with E-state index in [4.69, 9.17) is 9.84 Å². The van der Waals surface area contributed by atoms with Gasteiger partial charge in [0, 0.05) is 28.5 Å². The number of carbonyl (C=O) groups excluding carboxylic acids is 2. The van der Waals surface area contributed by atoms with Crippen molar-refractivity contribution in [3.8, 4) is 5.75 Å². The Bertz CT molecular complexity index is 1140. The maximum atomic E-state index is 12.5. The molecule has 7 heteroatoms. The van der Waals surface area contributed by atoms with Gasteiger partial charge in [-0.2, -0.15) is 0 Å². The smallest absolute Gasteiger partial charge is 0.414 e. The lowest BCUT2D eigenvalue weighted by molar-refractivity contribution is -0.131. The Labute approximate surface area is 178 Å². The van der Waals surface area contributed by atoms with Gasteiger partial charge < -0.3 is 14.9 Å². The summed E-state index contributed by atoms with van der Waals surface area (Å²) < 4.78 is 5.57. The van der Waals surface area contributed by atoms with Crippen LogP contribution in [0.15, 0.2) is 78.9 Å². The number of aromatic hydroxyl groups is 1. The topological polar surface area (TPSA) is 113 Å². The molecule has 0 bridgehead atoms. The molecule has 31 heavy (non-hydrogen) atoms. The van der Waals surface area contributed by atoms with E-state index in [9.17, 15) is 19.5 Å². The molecule has 158 valence electrons. The fourth-order valence-corrected chi connectivity index (χ4v) is 3.24. The van der Waals surface area contributed by atoms with E-state index in [1.807, 2.05) is 0 Å². The average Bonchev–Trinajstić information content (AvgIpc) is 2.77. The van der Waals surface area contributed by atoms with Crippen LogP contribution in [0.25, 0.3) is 10.8 Å². The highest BCUT2D eigenvalue weighted by Gasteiger charge is 2.26. The van der Waals surface area contributed by atoms with Crippen LogP contribution in [0.4, 0.5) is 4.79 Å². The normalized spacial score (nSPS) is 12.9. The molecule has 0 heterocycles. The van der Waals surface area contributed by atoms with Crippen molar-refractivity contribution in [1.82, 2.24) is 5.32 Å². The van der Waals surface area contributed by atoms with Gasteiger partial charge in [-0.25, -0.2) is 9.59 Å². The summed E-state index contributed by atoms with van der Waals surface area (Å²) in [4.78, 5) is 35.8. The molecule has 2 atom stereocenters. The Morgan fingerprint density at radius 2 is 1.58 bits per heavy atom. The number of benzene rings is 3. The van der Waals surface area contributed by atoms with E-state index in [-0.39, 0.29) is 5.75 Å². The van der Waals surface area contributed by atoms with Gasteiger partial charge in [-0.05, 0) is 23.6 Å². The fraction of sp³-hybridized carbons (Fsp3) is 0.125. The van der Waals surface area contributed by atoms with Crippen molar-refractivity contribution < 1.29 is 29.3 Å². The predicted octanol–water partition coefficient (Wildman–Crippen LogP) is 4.43. The van der Waals surface area contributed by atoms with Crippen molar-refractivity contribution in [2.75, 3.05) is 0 Å². The maximum absolute atomic E-state index is 12.5. The molecule has 0 radical (unpaired) electrons. The van der Waals surface area contributed by atoms with Crippen LogP contribution in [0.1, 0.15) is 28.9 Å². The molecule has 7 nitrogen and oxygen atoms in total. The van der Waals surface area contributed by atoms with Gasteiger partial charge in [0.15, 0.2) is 0 Å². The Morgan fingerprint density at radius 3 is 2.26 bits per heavy atom. The number of carboxylic acid groups (broad SMARTS) is 1. The van der Waals surface area contributed by atoms with Gasteiger partial charge in [-0.3, -0.25) is 10.1 Å². The Balaban J connectivity index is 1.92. The third-order valence-corrected chi connectivity index (χ3v) is 4.75. The second-order valence-electron chi connectivity index (χ2n) is 6.92. The zero-order valence-electron chi connectivity index (χ0n) is 16.7. The molecule has 3 N–H and O–H groups in total. The second-order valence-corrected chi connectivity index (χ2v) is 6.92. The lowest BCUT2D eigenvalue weighted by Gasteiger charge is -2.24. The van der Waals surface area contributed by atoms with E-state index < -0.39 is 30.0 Å². The molecule has 0 aliphatic rings. The van der Waals surface area contributed by atoms with Gasteiger partial charge in [0.2, 0.25) is 0 Å². The van der Waals surface area contributed by atoms with Gasteiger partial charge in [0.1, 0.15) is 11.9 Å². The molecule has 0 unspecified atom stereocenters. The molecule has 0 saturated heterocycles. The first-order valence-corrected chi connectivity index (χ1v) is 9.55. The molecule has 0 fully saturated rings. The van der Waals surface area contributed by atoms with Crippen LogP contribution in [-0.4, -0.2) is 28.2 Å². The molecule has 3 aromatic rings. The van der Waals surface area contributed by atoms with E-state index in [2.05, 4.69) is 5.32 Å². The highest BCUT2D eigenvalue weighted by atomic mass is 16.6. The zero-order valence-corrected chi connectivity index (χ0v) is 16.7. The monoisotopic (exact) mass is 419 g/mol. The minimum atomic E-state index is -1.13. The van der Waals surface area contributed by atoms with E-state index in [0.717, 1.165) is 6.08 Å². The molecule has 0 saturated carbocycles. The molecule has 3 rings (SSSR count). The zero-order chi connectivity index (χ0) is 22.4. The van der Waals surface area contributed by atoms with E-state index in [0.29, 0.717) is 21.9 Å². The summed E-state index contributed by atoms with van der Waals surface area (Å²) in [6.45, 7) is 1.69. The number of hydrogen-bond acceptors (Lipinski definition) is 5. The number of ether oxygens (including phenoxy) is 1. The summed E-state index contributed by atoms with van der Waals surface area (Å²) in [6, 6.07) is 18.3. The lowest BCUT2D eigenvalue weighted by Crippen LogP contribution is -2.33. The second kappa shape index (κ2) is 9.58. The first-order valence-electron chi connectivity index (χ1n) is 9.55. The molecule has 3 aromatic carbocycles. The van der Waals surface area contributed by atoms with Crippen LogP contribution >= 0.6 is 0 Å². The summed E-state index contributed by atoms with van der Waals surface area (Å²) in [5.41, 5.74) is 0.864. The van der Waals surface area contributed by atoms with E-state index >= 15 is 0 Å². The number of rotatable bonds is 6. The number of imide groups is 1. The number of phenols is 1. The van der Waals surface area contributed by atoms with Crippen LogP contribution in [0.5, 0.6) is 5.75 Å². The SMILES string of the molecule is C[C@@H](/C=C/C(=O)O)[C@@H](OC(=O)NC(=O)c1ccccc1)c1ccc(O)c2ccccc12. The van der Waals surface area contributed by atoms with Gasteiger partial charge in [0.25, 0.3) is 5.91 Å². The maximum Gasteiger partial charge on any atom is 0.414 e. The first-order chi connectivity index (χ1) is 14.9. The number of carbonyl (C=O) groups is 3. The summed E-state index contributed by atoms with van der Waals surface area (Å²) in [5.74, 6) is -2.23. The van der Waals surface area contributed by atoms with Crippen LogP contribution in [0.2, 0.25) is 0 Å². The predicted molar refractivity (Wildman–Crippen MR) is 115 cm³/mol. The van der Waals surface area contributed by atoms with Gasteiger partial charge in [-0.1, -0.05) is 61.5 Å². The van der Waals surface area contributed by atoms with Crippen LogP contribution in [-0.2, 0) is 9.53 Å². The summed E-state index contributed by atoms with van der Waals surface area (Å²) >= 11 is 0. The Morgan fingerprint density at radius 1 is 0.935 bits per heavy atom. The van der Waals surface area contributed by atoms with E-state index in [1.54, 1.807) is 67.6 Å². The number of carboxylic acids is 1. The van der Waals surface area contributed by atoms with Crippen molar-refractivity contribution >= 4 is 28.7 Å². The summed E-state index contributed by atoms with van der Waals surface area (Å²) in [6.07, 6.45) is 0.494. The Hall–Kier alpha value is -4.13. The molecule has 0 aliphatic carbocycles. The van der Waals surface area contributed by atoms with E-state index in [1.165, 1.54) is 12.1 Å². The van der Waals surface area contributed by atoms with Crippen LogP contribution < -0.4 is 5.32 Å². The Kier molecular flexibility index (Phi) is 6.67. The fourth-order valence-electron chi connectivity index (χ4n) is 3.24. The van der Waals surface area contributed by atoms with Gasteiger partial charge in [-0.15, -0.1) is 0 Å². The van der Waals surface area contributed by atoms with Crippen LogP contribution in [0.3, 0.4) is 0 Å². The van der Waals surface area contributed by atoms with Crippen molar-refractivity contribution in [3.63, 3.8) is 0 Å². The van der Waals surface area contributed by atoms with Crippen molar-refractivity contribution in [2.24, 2.45) is 5.92 Å². The van der Waals surface area contributed by atoms with Gasteiger partial charge >= 0.3 is 12.1 Å². The molecular weight excluding hydrogens is 398 g/mol. The van der Waals surface area contributed by atoms with Crippen molar-refractivity contribution in [2.45, 2.75) is 13.0 Å². The number of nitrogens with one attached hydrogen (secondary N) is 1. The summed E-state index contributed by atoms with van der Waals surface area (Å²) in [5, 5.41) is 22.5. The number of phenolic OH excluding ortho intramolecular Hbond substituents is 1. The molecule has 0 aliphatic heterocycles. The first kappa shape index (κ1) is 21.6. The number of alkyl carbamates (subject to hydrolysis) is 1. The average molecular weight is 419 g/mol. The molecule has 0 aromatic heterocycles. The van der Waals surface area contributed by atoms with Gasteiger partial charge in [0.05, 0.1) is 0 Å².